The molecule has 136 valence electrons. The second-order valence-electron chi connectivity index (χ2n) is 6.22. The highest BCUT2D eigenvalue weighted by molar-refractivity contribution is 6.36. The van der Waals surface area contributed by atoms with Crippen molar-refractivity contribution in [3.8, 4) is 5.75 Å². The molecule has 24 heavy (non-hydrogen) atoms. The number of nitrogens with one attached hydrogen (secondary N) is 1. The molecule has 0 saturated heterocycles. The number of phenols is 1. The van der Waals surface area contributed by atoms with Gasteiger partial charge in [0.1, 0.15) is 5.75 Å². The molecule has 0 aliphatic rings. The van der Waals surface area contributed by atoms with Gasteiger partial charge in [0.2, 0.25) is 0 Å². The Morgan fingerprint density at radius 2 is 1.50 bits per heavy atom. The third-order valence-corrected chi connectivity index (χ3v) is 4.60. The quantitative estimate of drug-likeness (QED) is 0.419. The van der Waals surface area contributed by atoms with E-state index in [9.17, 15) is 9.90 Å². The topological polar surface area (TPSA) is 49.3 Å². The van der Waals surface area contributed by atoms with Gasteiger partial charge in [-0.3, -0.25) is 4.79 Å². The van der Waals surface area contributed by atoms with Gasteiger partial charge < -0.3 is 10.4 Å². The summed E-state index contributed by atoms with van der Waals surface area (Å²) in [5.74, 6) is -0.561. The maximum Gasteiger partial charge on any atom is 0.255 e. The molecule has 1 rings (SSSR count). The lowest BCUT2D eigenvalue weighted by Crippen LogP contribution is -2.24. The second kappa shape index (κ2) is 12.4. The van der Waals surface area contributed by atoms with Gasteiger partial charge in [-0.05, 0) is 18.6 Å². The van der Waals surface area contributed by atoms with Gasteiger partial charge in [-0.1, -0.05) is 87.9 Å². The summed E-state index contributed by atoms with van der Waals surface area (Å²) >= 11 is 11.7. The van der Waals surface area contributed by atoms with Gasteiger partial charge >= 0.3 is 0 Å². The third kappa shape index (κ3) is 8.25. The van der Waals surface area contributed by atoms with E-state index in [0.29, 0.717) is 11.6 Å². The fourth-order valence-electron chi connectivity index (χ4n) is 2.65. The van der Waals surface area contributed by atoms with Crippen LogP contribution in [0.25, 0.3) is 0 Å². The molecule has 0 bridgehead atoms. The molecule has 0 heterocycles. The van der Waals surface area contributed by atoms with E-state index in [1.54, 1.807) is 0 Å². The van der Waals surface area contributed by atoms with E-state index in [1.807, 2.05) is 0 Å². The van der Waals surface area contributed by atoms with Gasteiger partial charge in [-0.2, -0.15) is 0 Å². The number of carbonyl (C=O) groups is 1. The van der Waals surface area contributed by atoms with Gasteiger partial charge in [-0.15, -0.1) is 0 Å². The van der Waals surface area contributed by atoms with Gasteiger partial charge in [-0.25, -0.2) is 0 Å². The van der Waals surface area contributed by atoms with Crippen LogP contribution in [0.4, 0.5) is 0 Å². The molecule has 0 spiro atoms. The molecule has 0 aromatic heterocycles. The van der Waals surface area contributed by atoms with Crippen LogP contribution in [0, 0.1) is 0 Å². The largest absolute Gasteiger partial charge is 0.506 e. The summed E-state index contributed by atoms with van der Waals surface area (Å²) in [6.45, 7) is 2.83. The van der Waals surface area contributed by atoms with E-state index in [2.05, 4.69) is 12.2 Å². The van der Waals surface area contributed by atoms with Crippen LogP contribution in [0.2, 0.25) is 10.0 Å². The van der Waals surface area contributed by atoms with Crippen molar-refractivity contribution in [2.24, 2.45) is 0 Å². The molecule has 2 N–H and O–H groups in total. The number of unbranched alkanes of at least 4 members (excludes halogenated alkanes) is 9. The highest BCUT2D eigenvalue weighted by Crippen LogP contribution is 2.30. The third-order valence-electron chi connectivity index (χ3n) is 4.09. The first-order valence-electron chi connectivity index (χ1n) is 9.02. The van der Waals surface area contributed by atoms with Crippen molar-refractivity contribution in [2.75, 3.05) is 6.54 Å². The summed E-state index contributed by atoms with van der Waals surface area (Å²) < 4.78 is 0. The molecular formula is C19H29Cl2NO2. The zero-order chi connectivity index (χ0) is 17.8. The van der Waals surface area contributed by atoms with Crippen molar-refractivity contribution >= 4 is 29.1 Å². The lowest BCUT2D eigenvalue weighted by atomic mass is 10.1. The molecule has 0 aliphatic heterocycles. The number of benzene rings is 1. The minimum Gasteiger partial charge on any atom is -0.506 e. The van der Waals surface area contributed by atoms with Gasteiger partial charge in [0.05, 0.1) is 10.6 Å². The van der Waals surface area contributed by atoms with Crippen LogP contribution in [0.15, 0.2) is 12.1 Å². The molecule has 3 nitrogen and oxygen atoms in total. The Morgan fingerprint density at radius 3 is 2.08 bits per heavy atom. The van der Waals surface area contributed by atoms with Crippen molar-refractivity contribution in [2.45, 2.75) is 71.1 Å². The molecule has 0 saturated carbocycles. The average molecular weight is 374 g/mol. The number of phenolic OH excluding ortho intramolecular Hbond substituents is 1. The first-order chi connectivity index (χ1) is 11.6. The SMILES string of the molecule is CCCCCCCCCCCCNC(=O)c1cc(Cl)cc(Cl)c1O. The first kappa shape index (κ1) is 21.1. The van der Waals surface area contributed by atoms with Crippen LogP contribution in [-0.2, 0) is 0 Å². The zero-order valence-electron chi connectivity index (χ0n) is 14.5. The van der Waals surface area contributed by atoms with E-state index in [4.69, 9.17) is 23.2 Å². The Kier molecular flexibility index (Phi) is 10.9. The number of carbonyl (C=O) groups excluding carboxylic acids is 1. The molecule has 0 fully saturated rings. The van der Waals surface area contributed by atoms with Gasteiger partial charge in [0, 0.05) is 11.6 Å². The Bertz CT molecular complexity index is 506. The number of hydrogen-bond acceptors (Lipinski definition) is 2. The predicted molar refractivity (Wildman–Crippen MR) is 102 cm³/mol. The smallest absolute Gasteiger partial charge is 0.255 e. The van der Waals surface area contributed by atoms with Crippen LogP contribution in [0.1, 0.15) is 81.5 Å². The molecule has 0 radical (unpaired) electrons. The van der Waals surface area contributed by atoms with Crippen LogP contribution in [-0.4, -0.2) is 17.6 Å². The molecule has 5 heteroatoms. The van der Waals surface area contributed by atoms with Crippen LogP contribution in [0.3, 0.4) is 0 Å². The molecule has 1 amide bonds. The van der Waals surface area contributed by atoms with Crippen molar-refractivity contribution < 1.29 is 9.90 Å². The summed E-state index contributed by atoms with van der Waals surface area (Å²) in [5.41, 5.74) is 0.125. The van der Waals surface area contributed by atoms with Crippen molar-refractivity contribution in [1.29, 1.82) is 0 Å². The average Bonchev–Trinajstić information content (AvgIpc) is 2.55. The molecule has 0 aliphatic carbocycles. The second-order valence-corrected chi connectivity index (χ2v) is 7.07. The Morgan fingerprint density at radius 1 is 0.958 bits per heavy atom. The molecule has 1 aromatic carbocycles. The van der Waals surface area contributed by atoms with E-state index in [-0.39, 0.29) is 22.2 Å². The van der Waals surface area contributed by atoms with E-state index in [1.165, 1.54) is 63.5 Å². The fraction of sp³-hybridized carbons (Fsp3) is 0.632. The summed E-state index contributed by atoms with van der Waals surface area (Å²) in [7, 11) is 0. The van der Waals surface area contributed by atoms with Crippen LogP contribution >= 0.6 is 23.2 Å². The first-order valence-corrected chi connectivity index (χ1v) is 9.78. The number of aromatic hydroxyl groups is 1. The molecule has 1 aromatic rings. The van der Waals surface area contributed by atoms with Gasteiger partial charge in [0.25, 0.3) is 5.91 Å². The maximum absolute atomic E-state index is 12.0. The number of halogens is 2. The standard InChI is InChI=1S/C19H29Cl2NO2/c1-2-3-4-5-6-7-8-9-10-11-12-22-19(24)16-13-15(20)14-17(21)18(16)23/h13-14,23H,2-12H2,1H3,(H,22,24). The van der Waals surface area contributed by atoms with Crippen molar-refractivity contribution in [3.05, 3.63) is 27.7 Å². The monoisotopic (exact) mass is 373 g/mol. The lowest BCUT2D eigenvalue weighted by Gasteiger charge is -2.08. The molecular weight excluding hydrogens is 345 g/mol. The predicted octanol–water partition coefficient (Wildman–Crippen LogP) is 6.35. The maximum atomic E-state index is 12.0. The zero-order valence-corrected chi connectivity index (χ0v) is 16.1. The van der Waals surface area contributed by atoms with E-state index < -0.39 is 0 Å². The van der Waals surface area contributed by atoms with E-state index >= 15 is 0 Å². The minimum absolute atomic E-state index is 0.0894. The summed E-state index contributed by atoms with van der Waals surface area (Å²) in [4.78, 5) is 12.0. The number of hydrogen-bond donors (Lipinski definition) is 2. The highest BCUT2D eigenvalue weighted by atomic mass is 35.5. The Hall–Kier alpha value is -0.930. The molecule has 0 atom stereocenters. The highest BCUT2D eigenvalue weighted by Gasteiger charge is 2.14. The van der Waals surface area contributed by atoms with Gasteiger partial charge in [0.15, 0.2) is 0 Å². The van der Waals surface area contributed by atoms with Crippen LogP contribution in [0.5, 0.6) is 5.75 Å². The number of amides is 1. The summed E-state index contributed by atoms with van der Waals surface area (Å²) in [6.07, 6.45) is 12.5. The summed E-state index contributed by atoms with van der Waals surface area (Å²) in [6, 6.07) is 2.84. The minimum atomic E-state index is -0.340. The summed E-state index contributed by atoms with van der Waals surface area (Å²) in [5, 5.41) is 13.0. The van der Waals surface area contributed by atoms with Crippen molar-refractivity contribution in [1.82, 2.24) is 5.32 Å². The van der Waals surface area contributed by atoms with Crippen molar-refractivity contribution in [3.63, 3.8) is 0 Å². The van der Waals surface area contributed by atoms with Crippen LogP contribution < -0.4 is 5.32 Å². The fourth-order valence-corrected chi connectivity index (χ4v) is 3.14. The molecule has 0 unspecified atom stereocenters. The normalized spacial score (nSPS) is 10.8. The lowest BCUT2D eigenvalue weighted by molar-refractivity contribution is 0.0950. The Balaban J connectivity index is 2.10. The Labute approximate surface area is 155 Å². The van der Waals surface area contributed by atoms with E-state index in [0.717, 1.165) is 12.8 Å². The number of rotatable bonds is 12.